The van der Waals surface area contributed by atoms with Gasteiger partial charge in [0.15, 0.2) is 17.6 Å². The van der Waals surface area contributed by atoms with Gasteiger partial charge in [-0.2, -0.15) is 0 Å². The average Bonchev–Trinajstić information content (AvgIpc) is 3.72. The van der Waals surface area contributed by atoms with Gasteiger partial charge in [0.1, 0.15) is 30.4 Å². The van der Waals surface area contributed by atoms with Gasteiger partial charge in [-0.05, 0) is 68.6 Å². The summed E-state index contributed by atoms with van der Waals surface area (Å²) in [6.07, 6.45) is 14.4. The molecule has 0 bridgehead atoms. The van der Waals surface area contributed by atoms with Gasteiger partial charge >= 0.3 is 0 Å². The van der Waals surface area contributed by atoms with Crippen LogP contribution in [0.2, 0.25) is 0 Å². The van der Waals surface area contributed by atoms with Crippen LogP contribution >= 0.6 is 0 Å². The van der Waals surface area contributed by atoms with Gasteiger partial charge in [0, 0.05) is 32.5 Å². The van der Waals surface area contributed by atoms with Gasteiger partial charge in [-0.25, -0.2) is 0 Å². The summed E-state index contributed by atoms with van der Waals surface area (Å²) in [5.74, 6) is 3.27. The largest absolute Gasteiger partial charge is 0.504 e. The number of aliphatic hydroxyl groups excluding tert-OH is 3. The predicted molar refractivity (Wildman–Crippen MR) is 169 cm³/mol. The molecule has 43 heavy (non-hydrogen) atoms. The zero-order valence-corrected chi connectivity index (χ0v) is 25.8. The number of aromatic hydroxyl groups is 1. The maximum Gasteiger partial charge on any atom is 0.208 e. The summed E-state index contributed by atoms with van der Waals surface area (Å²) >= 11 is 0. The molecule has 1 aromatic rings. The number of hydrogen-bond acceptors (Lipinski definition) is 7. The van der Waals surface area contributed by atoms with Crippen molar-refractivity contribution in [2.45, 2.75) is 96.4 Å². The van der Waals surface area contributed by atoms with E-state index >= 15 is 0 Å². The normalized spacial score (nSPS) is 26.4. The quantitative estimate of drug-likeness (QED) is 0.152. The van der Waals surface area contributed by atoms with E-state index in [-0.39, 0.29) is 31.2 Å². The molecular formula is C35H51N2O6+. The van der Waals surface area contributed by atoms with Crippen LogP contribution in [0.1, 0.15) is 77.2 Å². The fourth-order valence-corrected chi connectivity index (χ4v) is 7.32. The molecule has 0 aromatic heterocycles. The summed E-state index contributed by atoms with van der Waals surface area (Å²) in [6, 6.07) is 5.36. The third-order valence-corrected chi connectivity index (χ3v) is 9.64. The second kappa shape index (κ2) is 15.0. The number of aliphatic hydroxyl groups is 5. The maximum atomic E-state index is 11.1. The molecule has 0 saturated heterocycles. The van der Waals surface area contributed by atoms with Crippen molar-refractivity contribution in [1.29, 1.82) is 0 Å². The molecule has 1 aromatic carbocycles. The molecule has 0 amide bonds. The molecule has 5 rings (SSSR count). The van der Waals surface area contributed by atoms with E-state index in [4.69, 9.17) is 14.5 Å². The lowest BCUT2D eigenvalue weighted by molar-refractivity contribution is -0.0550. The average molecular weight is 596 g/mol. The maximum absolute atomic E-state index is 11.1. The fourth-order valence-electron chi connectivity index (χ4n) is 7.32. The molecule has 1 unspecified atom stereocenters. The van der Waals surface area contributed by atoms with E-state index in [1.165, 1.54) is 25.2 Å². The highest BCUT2D eigenvalue weighted by molar-refractivity contribution is 6.03. The number of nitrogens with one attached hydrogen (secondary N) is 1. The molecule has 6 atom stereocenters. The Morgan fingerprint density at radius 2 is 2.09 bits per heavy atom. The number of nitrogens with zero attached hydrogens (tertiary/aromatic N) is 1. The number of allylic oxidation sites excluding steroid dienone is 1. The molecule has 8 heteroatoms. The Labute approximate surface area is 256 Å². The number of ether oxygens (including phenoxy) is 2. The van der Waals surface area contributed by atoms with E-state index in [9.17, 15) is 20.4 Å². The van der Waals surface area contributed by atoms with Gasteiger partial charge in [-0.1, -0.05) is 32.3 Å². The van der Waals surface area contributed by atoms with Crippen molar-refractivity contribution in [3.05, 3.63) is 59.2 Å². The van der Waals surface area contributed by atoms with E-state index in [1.54, 1.807) is 13.0 Å². The molecule has 0 spiro atoms. The summed E-state index contributed by atoms with van der Waals surface area (Å²) in [4.78, 5) is 4.89. The minimum absolute atomic E-state index is 0.00167. The van der Waals surface area contributed by atoms with Crippen molar-refractivity contribution in [1.82, 2.24) is 5.32 Å². The van der Waals surface area contributed by atoms with Gasteiger partial charge in [0.25, 0.3) is 0 Å². The second-order valence-corrected chi connectivity index (χ2v) is 12.9. The molecule has 2 heterocycles. The Morgan fingerprint density at radius 3 is 2.88 bits per heavy atom. The predicted octanol–water partition coefficient (Wildman–Crippen LogP) is 4.33. The number of aliphatic imine (C=N–C) groups is 1. The number of phenols is 1. The van der Waals surface area contributed by atoms with E-state index in [2.05, 4.69) is 18.3 Å². The first kappa shape index (κ1) is 31.9. The fraction of sp³-hybridized carbons (Fsp3) is 0.629. The van der Waals surface area contributed by atoms with Crippen molar-refractivity contribution in [2.75, 3.05) is 26.3 Å². The number of phenolic OH excluding ortho intramolecular Hbond substituents is 1. The van der Waals surface area contributed by atoms with Gasteiger partial charge in [0.05, 0.1) is 18.1 Å². The van der Waals surface area contributed by atoms with Crippen LogP contribution in [-0.2, 0) is 6.42 Å². The third-order valence-electron chi connectivity index (χ3n) is 9.64. The lowest BCUT2D eigenvalue weighted by atomic mass is 9.77. The first-order valence-corrected chi connectivity index (χ1v) is 16.4. The summed E-state index contributed by atoms with van der Waals surface area (Å²) in [5, 5.41) is 44.5. The van der Waals surface area contributed by atoms with Crippen LogP contribution in [0.4, 0.5) is 0 Å². The standard InChI is InChI=1S/C35H50N2O6/c1-3-4-8-34-25(20-38)16-26(43-34)12-9-23-10-14-32(40)35(15-23)42-21-33(41)31-17-28-29(19-36-18-22(2)39)27-7-5-6-24(27)11-13-30(28)37-31/h10,14-17,22,24,27,29,33-34,36,38-39,41,43H,3-9,11-13,18-21H2,1-2H3/p+1/t22-,24+,27-,29-,33-,34?/m0/s1. The number of benzene rings is 1. The van der Waals surface area contributed by atoms with Crippen molar-refractivity contribution in [2.24, 2.45) is 22.7 Å². The van der Waals surface area contributed by atoms with Gasteiger partial charge in [-0.15, -0.1) is 16.6 Å². The monoisotopic (exact) mass is 595 g/mol. The molecule has 2 fully saturated rings. The Balaban J connectivity index is 1.18. The molecule has 0 radical (unpaired) electrons. The van der Waals surface area contributed by atoms with Crippen LogP contribution in [0.3, 0.4) is 0 Å². The summed E-state index contributed by atoms with van der Waals surface area (Å²) in [6.45, 7) is 5.38. The van der Waals surface area contributed by atoms with E-state index < -0.39 is 6.10 Å². The van der Waals surface area contributed by atoms with Crippen molar-refractivity contribution in [3.63, 3.8) is 0 Å². The van der Waals surface area contributed by atoms with Gasteiger partial charge < -0.3 is 35.2 Å². The first-order valence-electron chi connectivity index (χ1n) is 16.4. The number of unbranched alkanes of at least 4 members (excludes halogenated alkanes) is 1. The number of hydrogen-bond donors (Lipinski definition) is 5. The highest BCUT2D eigenvalue weighted by Gasteiger charge is 2.49. The minimum Gasteiger partial charge on any atom is -0.504 e. The van der Waals surface area contributed by atoms with E-state index in [0.717, 1.165) is 80.4 Å². The van der Waals surface area contributed by atoms with Crippen LogP contribution in [0.25, 0.3) is 0 Å². The SMILES string of the molecule is CCCCC1[OH+][C-](CCc2ccc(O)c(OC[C@H](O)C3=C[C+]4C(=N3)CC[C@H]3CCC[C@@H]3[C@@H]4CNC[C@H](C)O)c2)C=C1CO. The number of rotatable bonds is 15. The molecular weight excluding hydrogens is 544 g/mol. The number of fused-ring (bicyclic) bond motifs is 2. The smallest absolute Gasteiger partial charge is 0.208 e. The molecule has 2 saturated carbocycles. The Hall–Kier alpha value is -2.49. The Kier molecular flexibility index (Phi) is 11.1. The Bertz CT molecular complexity index is 1160. The van der Waals surface area contributed by atoms with Crippen molar-refractivity contribution < 1.29 is 29.9 Å². The zero-order valence-electron chi connectivity index (χ0n) is 25.8. The van der Waals surface area contributed by atoms with Crippen molar-refractivity contribution >= 4 is 5.71 Å². The Morgan fingerprint density at radius 1 is 1.23 bits per heavy atom. The summed E-state index contributed by atoms with van der Waals surface area (Å²) < 4.78 is 10.8. The molecule has 6 N–H and O–H groups in total. The van der Waals surface area contributed by atoms with Crippen LogP contribution < -0.4 is 10.1 Å². The van der Waals surface area contributed by atoms with Crippen LogP contribution in [0, 0.1) is 29.8 Å². The highest BCUT2D eigenvalue weighted by atomic mass is 16.5. The minimum atomic E-state index is -0.907. The van der Waals surface area contributed by atoms with Crippen molar-refractivity contribution in [3.8, 4) is 11.5 Å². The lowest BCUT2D eigenvalue weighted by Crippen LogP contribution is -2.36. The summed E-state index contributed by atoms with van der Waals surface area (Å²) in [7, 11) is 0. The van der Waals surface area contributed by atoms with Gasteiger partial charge in [-0.3, -0.25) is 0 Å². The first-order chi connectivity index (χ1) is 20.9. The second-order valence-electron chi connectivity index (χ2n) is 12.9. The van der Waals surface area contributed by atoms with E-state index in [0.29, 0.717) is 29.8 Å². The van der Waals surface area contributed by atoms with Gasteiger partial charge in [0.2, 0.25) is 5.70 Å². The molecule has 4 aliphatic rings. The molecule has 2 aliphatic heterocycles. The van der Waals surface area contributed by atoms with E-state index in [1.807, 2.05) is 18.2 Å². The molecule has 2 aliphatic carbocycles. The van der Waals surface area contributed by atoms with Crippen LogP contribution in [0.15, 0.2) is 46.6 Å². The summed E-state index contributed by atoms with van der Waals surface area (Å²) in [5.41, 5.74) is 3.72. The zero-order chi connectivity index (χ0) is 30.3. The van der Waals surface area contributed by atoms with Crippen LogP contribution in [-0.4, -0.2) is 75.5 Å². The highest BCUT2D eigenvalue weighted by Crippen LogP contribution is 2.48. The molecule has 8 nitrogen and oxygen atoms in total. The third kappa shape index (κ3) is 7.97. The lowest BCUT2D eigenvalue weighted by Gasteiger charge is -2.26. The van der Waals surface area contributed by atoms with Crippen LogP contribution in [0.5, 0.6) is 11.5 Å². The topological polar surface area (TPSA) is 127 Å². The number of aryl methyl sites for hydroxylation is 1. The molecule has 236 valence electrons.